The molecular weight excluding hydrogens is 754 g/mol. The van der Waals surface area contributed by atoms with Crippen LogP contribution in [0, 0.1) is 41.8 Å². The molecular formula is C42H41Cl2FN8O3. The van der Waals surface area contributed by atoms with E-state index in [0.29, 0.717) is 82.4 Å². The first-order valence-corrected chi connectivity index (χ1v) is 20.3. The maximum absolute atomic E-state index is 17.3. The molecule has 6 aliphatic rings. The summed E-state index contributed by atoms with van der Waals surface area (Å²) in [6.07, 6.45) is 7.86. The second kappa shape index (κ2) is 13.7. The minimum absolute atomic E-state index is 0.0371. The first-order chi connectivity index (χ1) is 27.2. The van der Waals surface area contributed by atoms with E-state index in [4.69, 9.17) is 47.6 Å². The number of ether oxygens (including phenoxy) is 2. The van der Waals surface area contributed by atoms with Crippen LogP contribution >= 0.6 is 23.2 Å². The molecule has 4 saturated heterocycles. The van der Waals surface area contributed by atoms with Gasteiger partial charge >= 0.3 is 6.09 Å². The van der Waals surface area contributed by atoms with Crippen LogP contribution in [0.2, 0.25) is 10.0 Å². The SMILES string of the molecule is COC(=O)N1C2CC(CN(c3ncc(OCC4CC4)cn3)C2)C1c1cc2c(C)nc3c(F)c(-c4cccc(Cl)c4Cl)c(CCC#N)cc3c2n1C1C2CNC1C2. The number of carbonyl (C=O) groups is 1. The summed E-state index contributed by atoms with van der Waals surface area (Å²) in [6.45, 7) is 4.70. The Morgan fingerprint density at radius 1 is 1.11 bits per heavy atom. The van der Waals surface area contributed by atoms with E-state index in [0.717, 1.165) is 36.0 Å². The van der Waals surface area contributed by atoms with Crippen molar-refractivity contribution in [1.29, 1.82) is 5.26 Å². The number of benzene rings is 2. The number of hydrogen-bond donors (Lipinski definition) is 1. The van der Waals surface area contributed by atoms with Crippen LogP contribution in [0.5, 0.6) is 5.75 Å². The number of nitrogens with one attached hydrogen (secondary N) is 1. The number of halogens is 3. The molecule has 11 nitrogen and oxygen atoms in total. The van der Waals surface area contributed by atoms with Crippen molar-refractivity contribution >= 4 is 57.0 Å². The fourth-order valence-electron chi connectivity index (χ4n) is 10.0. The molecule has 3 aromatic heterocycles. The highest BCUT2D eigenvalue weighted by Crippen LogP contribution is 2.53. The van der Waals surface area contributed by atoms with Gasteiger partial charge in [-0.05, 0) is 74.6 Å². The lowest BCUT2D eigenvalue weighted by atomic mass is 9.79. The third-order valence-electron chi connectivity index (χ3n) is 12.8. The van der Waals surface area contributed by atoms with Gasteiger partial charge in [0, 0.05) is 71.3 Å². The minimum Gasteiger partial charge on any atom is -0.490 e. The first kappa shape index (κ1) is 35.7. The molecule has 4 bridgehead atoms. The number of anilines is 1. The standard InChI is InChI=1S/C42H41Cl2FN8O3/c1-21-29-14-33(39-25-11-26(52(39)42(54)55-2)19-51(18-25)41-48-16-27(17-49-41)56-20-22-8-9-22)53(38-24-13-32(38)47-15-24)40(29)30-12-23(5-4-10-46)34(36(45)37(30)50-21)28-6-3-7-31(43)35(28)44/h3,6-7,12,14,16-17,22,24-26,32,38-39,47H,4-5,8-9,11,13,15,18-20H2,1-2H3. The van der Waals surface area contributed by atoms with Crippen molar-refractivity contribution in [3.63, 3.8) is 0 Å². The van der Waals surface area contributed by atoms with Crippen LogP contribution in [0.15, 0.2) is 42.7 Å². The van der Waals surface area contributed by atoms with Gasteiger partial charge in [0.15, 0.2) is 11.6 Å². The largest absolute Gasteiger partial charge is 0.490 e. The molecule has 0 radical (unpaired) electrons. The van der Waals surface area contributed by atoms with Crippen LogP contribution in [0.3, 0.4) is 0 Å². The molecule has 14 heteroatoms. The Hall–Kier alpha value is -4.70. The van der Waals surface area contributed by atoms with Gasteiger partial charge in [-0.25, -0.2) is 24.1 Å². The zero-order chi connectivity index (χ0) is 38.4. The summed E-state index contributed by atoms with van der Waals surface area (Å²) in [5.41, 5.74) is 4.22. The smallest absolute Gasteiger partial charge is 0.410 e. The number of rotatable bonds is 9. The van der Waals surface area contributed by atoms with Gasteiger partial charge in [0.2, 0.25) is 5.95 Å². The summed E-state index contributed by atoms with van der Waals surface area (Å²) < 4.78 is 31.1. The van der Waals surface area contributed by atoms with Crippen LogP contribution in [-0.2, 0) is 11.2 Å². The molecule has 6 fully saturated rings. The van der Waals surface area contributed by atoms with E-state index in [9.17, 15) is 10.1 Å². The van der Waals surface area contributed by atoms with Crippen molar-refractivity contribution in [3.05, 3.63) is 75.5 Å². The molecule has 1 amide bonds. The lowest BCUT2D eigenvalue weighted by Gasteiger charge is -2.40. The lowest BCUT2D eigenvalue weighted by Crippen LogP contribution is -2.45. The van der Waals surface area contributed by atoms with Gasteiger partial charge in [-0.15, -0.1) is 0 Å². The summed E-state index contributed by atoms with van der Waals surface area (Å²) in [6, 6.07) is 11.5. The Balaban J connectivity index is 1.13. The van der Waals surface area contributed by atoms with Crippen molar-refractivity contribution in [1.82, 2.24) is 29.7 Å². The highest BCUT2D eigenvalue weighted by Gasteiger charge is 2.54. The third-order valence-corrected chi connectivity index (χ3v) is 13.6. The average molecular weight is 796 g/mol. The number of aromatic nitrogens is 4. The molecule has 5 aromatic rings. The number of methoxy groups -OCH3 is 1. The van der Waals surface area contributed by atoms with E-state index >= 15 is 4.39 Å². The van der Waals surface area contributed by atoms with Crippen LogP contribution in [0.1, 0.15) is 61.1 Å². The molecule has 56 heavy (non-hydrogen) atoms. The van der Waals surface area contributed by atoms with E-state index < -0.39 is 5.82 Å². The summed E-state index contributed by atoms with van der Waals surface area (Å²) in [5, 5.41) is 15.5. The van der Waals surface area contributed by atoms with E-state index in [1.54, 1.807) is 30.6 Å². The lowest BCUT2D eigenvalue weighted by molar-refractivity contribution is 0.0994. The molecule has 6 unspecified atom stereocenters. The van der Waals surface area contributed by atoms with Crippen molar-refractivity contribution in [2.75, 3.05) is 38.3 Å². The summed E-state index contributed by atoms with van der Waals surface area (Å²) in [4.78, 5) is 32.3. The zero-order valence-corrected chi connectivity index (χ0v) is 32.7. The number of nitriles is 1. The molecule has 1 N–H and O–H groups in total. The highest BCUT2D eigenvalue weighted by molar-refractivity contribution is 6.43. The van der Waals surface area contributed by atoms with Crippen LogP contribution in [-0.4, -0.2) is 75.9 Å². The van der Waals surface area contributed by atoms with E-state index in [2.05, 4.69) is 26.9 Å². The fraction of sp³-hybridized carbons (Fsp3) is 0.452. The number of piperidine rings is 1. The number of likely N-dealkylation sites (tertiary alicyclic amines) is 1. The molecule has 4 aliphatic heterocycles. The maximum Gasteiger partial charge on any atom is 0.410 e. The molecule has 11 rings (SSSR count). The quantitative estimate of drug-likeness (QED) is 0.157. The molecule has 7 heterocycles. The van der Waals surface area contributed by atoms with Crippen molar-refractivity contribution in [2.45, 2.75) is 69.6 Å². The van der Waals surface area contributed by atoms with Gasteiger partial charge in [-0.1, -0.05) is 35.3 Å². The summed E-state index contributed by atoms with van der Waals surface area (Å²) in [5.74, 6) is 1.81. The zero-order valence-electron chi connectivity index (χ0n) is 31.1. The molecule has 0 spiro atoms. The predicted octanol–water partition coefficient (Wildman–Crippen LogP) is 8.20. The Morgan fingerprint density at radius 3 is 2.64 bits per heavy atom. The summed E-state index contributed by atoms with van der Waals surface area (Å²) in [7, 11) is 1.44. The average Bonchev–Trinajstić information content (AvgIpc) is 3.46. The second-order valence-electron chi connectivity index (χ2n) is 16.1. The van der Waals surface area contributed by atoms with Crippen molar-refractivity contribution in [2.24, 2.45) is 17.8 Å². The molecule has 288 valence electrons. The molecule has 2 saturated carbocycles. The van der Waals surface area contributed by atoms with Gasteiger partial charge in [-0.3, -0.25) is 4.90 Å². The monoisotopic (exact) mass is 794 g/mol. The topological polar surface area (TPSA) is 121 Å². The molecule has 2 aliphatic carbocycles. The number of fused-ring (bicyclic) bond motifs is 6. The van der Waals surface area contributed by atoms with Gasteiger partial charge in [0.1, 0.15) is 5.52 Å². The van der Waals surface area contributed by atoms with E-state index in [1.807, 2.05) is 17.9 Å². The highest BCUT2D eigenvalue weighted by atomic mass is 35.5. The number of amides is 1. The Kier molecular flexibility index (Phi) is 8.76. The Morgan fingerprint density at radius 2 is 1.93 bits per heavy atom. The van der Waals surface area contributed by atoms with E-state index in [-0.39, 0.29) is 53.1 Å². The number of carbonyl (C=O) groups excluding carboxylic acids is 1. The van der Waals surface area contributed by atoms with Crippen LogP contribution in [0.25, 0.3) is 32.9 Å². The number of hydrogen-bond acceptors (Lipinski definition) is 9. The second-order valence-corrected chi connectivity index (χ2v) is 16.9. The predicted molar refractivity (Wildman–Crippen MR) is 212 cm³/mol. The van der Waals surface area contributed by atoms with Gasteiger partial charge in [0.25, 0.3) is 0 Å². The van der Waals surface area contributed by atoms with Crippen molar-refractivity contribution in [3.8, 4) is 22.9 Å². The molecule has 2 aromatic carbocycles. The number of pyridine rings is 1. The Labute approximate surface area is 333 Å². The van der Waals surface area contributed by atoms with Crippen molar-refractivity contribution < 1.29 is 18.7 Å². The minimum atomic E-state index is -0.499. The van der Waals surface area contributed by atoms with Gasteiger partial charge < -0.3 is 24.3 Å². The third kappa shape index (κ3) is 5.68. The first-order valence-electron chi connectivity index (χ1n) is 19.5. The normalized spacial score (nSPS) is 25.1. The number of aryl methyl sites for hydroxylation is 2. The maximum atomic E-state index is 17.3. The van der Waals surface area contributed by atoms with Gasteiger partial charge in [-0.2, -0.15) is 5.26 Å². The van der Waals surface area contributed by atoms with Gasteiger partial charge in [0.05, 0.1) is 65.9 Å². The fourth-order valence-corrected chi connectivity index (χ4v) is 10.4. The summed E-state index contributed by atoms with van der Waals surface area (Å²) >= 11 is 13.2. The van der Waals surface area contributed by atoms with Crippen LogP contribution in [0.4, 0.5) is 15.1 Å². The Bertz CT molecular complexity index is 2440. The number of nitrogens with zero attached hydrogens (tertiary/aromatic N) is 7. The van der Waals surface area contributed by atoms with E-state index in [1.165, 1.54) is 20.0 Å². The molecule has 6 atom stereocenters. The van der Waals surface area contributed by atoms with Crippen LogP contribution < -0.4 is 15.0 Å².